The van der Waals surface area contributed by atoms with E-state index in [4.69, 9.17) is 44.0 Å². The van der Waals surface area contributed by atoms with Gasteiger partial charge in [-0.15, -0.1) is 10.2 Å². The van der Waals surface area contributed by atoms with Crippen molar-refractivity contribution in [2.24, 2.45) is 0 Å². The molecule has 0 unspecified atom stereocenters. The summed E-state index contributed by atoms with van der Waals surface area (Å²) in [5.74, 6) is 1.00. The van der Waals surface area contributed by atoms with E-state index in [1.165, 1.54) is 0 Å². The lowest BCUT2D eigenvalue weighted by atomic mass is 10.1. The van der Waals surface area contributed by atoms with Gasteiger partial charge in [-0.05, 0) is 44.5 Å². The van der Waals surface area contributed by atoms with Crippen molar-refractivity contribution in [1.82, 2.24) is 10.2 Å². The highest BCUT2D eigenvalue weighted by molar-refractivity contribution is 6.66. The molecule has 0 aliphatic heterocycles. The molecule has 0 N–H and O–H groups in total. The highest BCUT2D eigenvalue weighted by Gasteiger charge is 2.29. The first-order chi connectivity index (χ1) is 10.1. The lowest BCUT2D eigenvalue weighted by Crippen LogP contribution is -2.22. The first-order valence-electron chi connectivity index (χ1n) is 6.51. The van der Waals surface area contributed by atoms with Crippen LogP contribution in [0.5, 0.6) is 5.75 Å². The van der Waals surface area contributed by atoms with E-state index in [2.05, 4.69) is 10.2 Å². The average Bonchev–Trinajstić information content (AvgIpc) is 2.85. The van der Waals surface area contributed by atoms with Crippen LogP contribution >= 0.6 is 34.8 Å². The monoisotopic (exact) mass is 360 g/mol. The van der Waals surface area contributed by atoms with Crippen LogP contribution in [0.4, 0.5) is 0 Å². The van der Waals surface area contributed by atoms with Gasteiger partial charge < -0.3 is 9.15 Å². The van der Waals surface area contributed by atoms with Crippen LogP contribution in [-0.2, 0) is 3.79 Å². The van der Waals surface area contributed by atoms with Crippen molar-refractivity contribution >= 4 is 47.0 Å². The molecule has 0 saturated heterocycles. The predicted octanol–water partition coefficient (Wildman–Crippen LogP) is 5.24. The Bertz CT molecular complexity index is 653. The van der Waals surface area contributed by atoms with Gasteiger partial charge in [0.2, 0.25) is 5.89 Å². The van der Waals surface area contributed by atoms with Gasteiger partial charge in [0.1, 0.15) is 11.4 Å². The van der Waals surface area contributed by atoms with Gasteiger partial charge in [0.05, 0.1) is 0 Å². The van der Waals surface area contributed by atoms with Gasteiger partial charge in [0, 0.05) is 6.08 Å². The number of rotatable bonds is 3. The van der Waals surface area contributed by atoms with Crippen molar-refractivity contribution in [2.45, 2.75) is 30.2 Å². The third-order valence-corrected chi connectivity index (χ3v) is 2.89. The van der Waals surface area contributed by atoms with Crippen molar-refractivity contribution in [3.63, 3.8) is 0 Å². The van der Waals surface area contributed by atoms with Gasteiger partial charge in [-0.1, -0.05) is 46.9 Å². The summed E-state index contributed by atoms with van der Waals surface area (Å²) in [6.45, 7) is 6.00. The Morgan fingerprint density at radius 2 is 1.64 bits per heavy atom. The zero-order valence-corrected chi connectivity index (χ0v) is 14.6. The van der Waals surface area contributed by atoms with Crippen LogP contribution in [0.15, 0.2) is 28.7 Å². The molecule has 7 heteroatoms. The van der Waals surface area contributed by atoms with Crippen LogP contribution in [-0.4, -0.2) is 15.8 Å². The Hall–Kier alpha value is -1.23. The fourth-order valence-electron chi connectivity index (χ4n) is 1.58. The molecule has 0 atom stereocenters. The summed E-state index contributed by atoms with van der Waals surface area (Å²) in [7, 11) is 0. The van der Waals surface area contributed by atoms with Crippen LogP contribution in [0.1, 0.15) is 38.1 Å². The minimum absolute atomic E-state index is 0.0638. The number of hydrogen-bond donors (Lipinski definition) is 0. The molecule has 0 bridgehead atoms. The van der Waals surface area contributed by atoms with E-state index in [0.29, 0.717) is 0 Å². The van der Waals surface area contributed by atoms with Crippen LogP contribution in [0.2, 0.25) is 0 Å². The molecule has 1 aromatic carbocycles. The van der Waals surface area contributed by atoms with Crippen molar-refractivity contribution in [2.75, 3.05) is 0 Å². The SMILES string of the molecule is CC(C)(C)Oc1ccc(/C=C/c2nnc(C(Cl)(Cl)Cl)o2)cc1. The second-order valence-corrected chi connectivity index (χ2v) is 7.84. The summed E-state index contributed by atoms with van der Waals surface area (Å²) in [6, 6.07) is 7.63. The van der Waals surface area contributed by atoms with Gasteiger partial charge in [-0.2, -0.15) is 0 Å². The van der Waals surface area contributed by atoms with Gasteiger partial charge >= 0.3 is 0 Å². The highest BCUT2D eigenvalue weighted by Crippen LogP contribution is 2.37. The third kappa shape index (κ3) is 5.20. The largest absolute Gasteiger partial charge is 0.488 e. The molecule has 0 amide bonds. The summed E-state index contributed by atoms with van der Waals surface area (Å²) in [4.78, 5) is 0. The van der Waals surface area contributed by atoms with E-state index < -0.39 is 3.79 Å². The molecular weight excluding hydrogens is 347 g/mol. The van der Waals surface area contributed by atoms with Gasteiger partial charge in [0.15, 0.2) is 0 Å². The van der Waals surface area contributed by atoms with Crippen LogP contribution in [0.3, 0.4) is 0 Å². The lowest BCUT2D eigenvalue weighted by Gasteiger charge is -2.21. The topological polar surface area (TPSA) is 48.2 Å². The fraction of sp³-hybridized carbons (Fsp3) is 0.333. The highest BCUT2D eigenvalue weighted by atomic mass is 35.6. The number of aromatic nitrogens is 2. The molecule has 1 heterocycles. The van der Waals surface area contributed by atoms with Crippen LogP contribution in [0.25, 0.3) is 12.2 Å². The molecule has 2 aromatic rings. The molecule has 0 spiro atoms. The van der Waals surface area contributed by atoms with Gasteiger partial charge in [-0.25, -0.2) is 0 Å². The Labute approximate surface area is 144 Å². The minimum atomic E-state index is -1.72. The minimum Gasteiger partial charge on any atom is -0.488 e. The Balaban J connectivity index is 2.06. The molecule has 4 nitrogen and oxygen atoms in total. The number of ether oxygens (including phenoxy) is 1. The molecule has 0 saturated carbocycles. The normalized spacial score (nSPS) is 12.8. The van der Waals surface area contributed by atoms with Crippen molar-refractivity contribution < 1.29 is 9.15 Å². The molecule has 0 aliphatic carbocycles. The van der Waals surface area contributed by atoms with Crippen LogP contribution < -0.4 is 4.74 Å². The summed E-state index contributed by atoms with van der Waals surface area (Å²) >= 11 is 17.0. The maximum Gasteiger partial charge on any atom is 0.268 e. The van der Waals surface area contributed by atoms with E-state index in [1.54, 1.807) is 6.08 Å². The van der Waals surface area contributed by atoms with Crippen molar-refractivity contribution in [3.05, 3.63) is 41.6 Å². The summed E-state index contributed by atoms with van der Waals surface area (Å²) in [6.07, 6.45) is 3.46. The second kappa shape index (κ2) is 6.49. The van der Waals surface area contributed by atoms with E-state index in [-0.39, 0.29) is 17.4 Å². The number of hydrogen-bond acceptors (Lipinski definition) is 4. The first-order valence-corrected chi connectivity index (χ1v) is 7.65. The molecule has 22 heavy (non-hydrogen) atoms. The molecule has 118 valence electrons. The Morgan fingerprint density at radius 1 is 1.00 bits per heavy atom. The summed E-state index contributed by atoms with van der Waals surface area (Å²) in [5.41, 5.74) is 0.726. The predicted molar refractivity (Wildman–Crippen MR) is 89.3 cm³/mol. The van der Waals surface area contributed by atoms with Crippen LogP contribution in [0, 0.1) is 0 Å². The smallest absolute Gasteiger partial charge is 0.268 e. The molecule has 0 radical (unpaired) electrons. The third-order valence-electron chi connectivity index (χ3n) is 2.41. The van der Waals surface area contributed by atoms with Gasteiger partial charge in [-0.3, -0.25) is 0 Å². The lowest BCUT2D eigenvalue weighted by molar-refractivity contribution is 0.131. The molecule has 2 rings (SSSR count). The zero-order chi connectivity index (χ0) is 16.4. The zero-order valence-electron chi connectivity index (χ0n) is 12.3. The average molecular weight is 362 g/mol. The number of alkyl halides is 3. The molecule has 1 aromatic heterocycles. The Kier molecular flexibility index (Phi) is 5.05. The number of halogens is 3. The first kappa shape index (κ1) is 17.1. The van der Waals surface area contributed by atoms with E-state index in [9.17, 15) is 0 Å². The molecule has 0 fully saturated rings. The standard InChI is InChI=1S/C15H15Cl3N2O2/c1-14(2,3)22-11-7-4-10(5-8-11)6-9-12-19-20-13(21-12)15(16,17)18/h4-9H,1-3H3/b9-6+. The maximum absolute atomic E-state index is 5.75. The van der Waals surface area contributed by atoms with E-state index in [0.717, 1.165) is 11.3 Å². The Morgan fingerprint density at radius 3 is 2.14 bits per heavy atom. The van der Waals surface area contributed by atoms with Crippen molar-refractivity contribution in [3.8, 4) is 5.75 Å². The summed E-state index contributed by atoms with van der Waals surface area (Å²) < 4.78 is 9.26. The maximum atomic E-state index is 5.75. The quantitative estimate of drug-likeness (QED) is 0.701. The molecule has 0 aliphatic rings. The molecular formula is C15H15Cl3N2O2. The van der Waals surface area contributed by atoms with Crippen molar-refractivity contribution in [1.29, 1.82) is 0 Å². The van der Waals surface area contributed by atoms with E-state index in [1.807, 2.05) is 51.1 Å². The fourth-order valence-corrected chi connectivity index (χ4v) is 1.81. The number of benzene rings is 1. The van der Waals surface area contributed by atoms with Gasteiger partial charge in [0.25, 0.3) is 9.68 Å². The second-order valence-electron chi connectivity index (χ2n) is 5.56. The number of nitrogens with zero attached hydrogens (tertiary/aromatic N) is 2. The van der Waals surface area contributed by atoms with E-state index >= 15 is 0 Å². The summed E-state index contributed by atoms with van der Waals surface area (Å²) in [5, 5.41) is 7.45.